The summed E-state index contributed by atoms with van der Waals surface area (Å²) in [7, 11) is 1.81. The van der Waals surface area contributed by atoms with E-state index >= 15 is 0 Å². The molecule has 80 valence electrons. The molecular formula is C10H8ClN5. The van der Waals surface area contributed by atoms with Crippen LogP contribution in [0.15, 0.2) is 24.5 Å². The number of pyridine rings is 1. The first kappa shape index (κ1) is 10.5. The van der Waals surface area contributed by atoms with Gasteiger partial charge in [-0.05, 0) is 6.07 Å². The molecule has 0 aromatic carbocycles. The van der Waals surface area contributed by atoms with Gasteiger partial charge in [-0.3, -0.25) is 4.68 Å². The van der Waals surface area contributed by atoms with E-state index in [0.29, 0.717) is 22.2 Å². The van der Waals surface area contributed by atoms with Gasteiger partial charge in [0.15, 0.2) is 11.6 Å². The maximum absolute atomic E-state index is 8.80. The van der Waals surface area contributed by atoms with Gasteiger partial charge in [-0.1, -0.05) is 11.6 Å². The number of halogens is 1. The lowest BCUT2D eigenvalue weighted by molar-refractivity contribution is 0.771. The van der Waals surface area contributed by atoms with Crippen molar-refractivity contribution in [3.05, 3.63) is 35.1 Å². The number of nitrogens with one attached hydrogen (secondary N) is 1. The average Bonchev–Trinajstić information content (AvgIpc) is 2.67. The Bertz CT molecular complexity index is 555. The molecule has 2 aromatic rings. The Kier molecular flexibility index (Phi) is 2.75. The smallest absolute Gasteiger partial charge is 0.153 e. The summed E-state index contributed by atoms with van der Waals surface area (Å²) in [5, 5.41) is 16.2. The Morgan fingerprint density at radius 2 is 2.31 bits per heavy atom. The van der Waals surface area contributed by atoms with Crippen LogP contribution >= 0.6 is 11.6 Å². The summed E-state index contributed by atoms with van der Waals surface area (Å²) in [5.74, 6) is 1.06. The van der Waals surface area contributed by atoms with Crippen LogP contribution in [-0.4, -0.2) is 14.8 Å². The van der Waals surface area contributed by atoms with Crippen LogP contribution in [0.4, 0.5) is 11.6 Å². The molecule has 2 rings (SSSR count). The van der Waals surface area contributed by atoms with Crippen molar-refractivity contribution in [3.8, 4) is 6.07 Å². The molecule has 0 saturated heterocycles. The lowest BCUT2D eigenvalue weighted by Crippen LogP contribution is -1.97. The fourth-order valence-electron chi connectivity index (χ4n) is 1.22. The monoisotopic (exact) mass is 233 g/mol. The Balaban J connectivity index is 2.32. The molecule has 1 N–H and O–H groups in total. The number of anilines is 2. The van der Waals surface area contributed by atoms with Gasteiger partial charge in [0, 0.05) is 25.5 Å². The number of hydrogen-bond acceptors (Lipinski definition) is 4. The molecule has 0 unspecified atom stereocenters. The summed E-state index contributed by atoms with van der Waals surface area (Å²) < 4.78 is 1.66. The van der Waals surface area contributed by atoms with Crippen molar-refractivity contribution in [1.29, 1.82) is 5.26 Å². The molecule has 0 radical (unpaired) electrons. The summed E-state index contributed by atoms with van der Waals surface area (Å²) in [4.78, 5) is 4.05. The van der Waals surface area contributed by atoms with Crippen LogP contribution in [0, 0.1) is 11.3 Å². The van der Waals surface area contributed by atoms with Crippen LogP contribution in [0.1, 0.15) is 5.56 Å². The van der Waals surface area contributed by atoms with E-state index in [4.69, 9.17) is 16.9 Å². The Morgan fingerprint density at radius 3 is 2.94 bits per heavy atom. The molecule has 0 saturated carbocycles. The molecule has 0 bridgehead atoms. The third kappa shape index (κ3) is 1.97. The van der Waals surface area contributed by atoms with Crippen molar-refractivity contribution in [1.82, 2.24) is 14.8 Å². The number of aryl methyl sites for hydroxylation is 1. The highest BCUT2D eigenvalue weighted by atomic mass is 35.5. The van der Waals surface area contributed by atoms with Gasteiger partial charge in [-0.25, -0.2) is 4.98 Å². The molecule has 0 atom stereocenters. The Hall–Kier alpha value is -2.06. The van der Waals surface area contributed by atoms with Gasteiger partial charge in [0.1, 0.15) is 11.1 Å². The third-order valence-corrected chi connectivity index (χ3v) is 2.35. The van der Waals surface area contributed by atoms with Gasteiger partial charge >= 0.3 is 0 Å². The first-order valence-electron chi connectivity index (χ1n) is 4.52. The van der Waals surface area contributed by atoms with E-state index in [-0.39, 0.29) is 0 Å². The lowest BCUT2D eigenvalue weighted by Gasteiger charge is -2.04. The molecule has 5 nitrogen and oxygen atoms in total. The van der Waals surface area contributed by atoms with Gasteiger partial charge in [0.2, 0.25) is 0 Å². The van der Waals surface area contributed by atoms with Crippen molar-refractivity contribution >= 4 is 23.2 Å². The zero-order valence-electron chi connectivity index (χ0n) is 8.48. The highest BCUT2D eigenvalue weighted by molar-refractivity contribution is 6.34. The molecule has 2 aromatic heterocycles. The summed E-state index contributed by atoms with van der Waals surface area (Å²) >= 11 is 5.98. The number of nitrogens with zero attached hydrogens (tertiary/aromatic N) is 4. The molecule has 0 spiro atoms. The van der Waals surface area contributed by atoms with E-state index in [2.05, 4.69) is 15.4 Å². The van der Waals surface area contributed by atoms with Crippen LogP contribution in [-0.2, 0) is 7.05 Å². The maximum Gasteiger partial charge on any atom is 0.153 e. The van der Waals surface area contributed by atoms with E-state index in [1.54, 1.807) is 23.0 Å². The molecule has 0 aliphatic carbocycles. The first-order chi connectivity index (χ1) is 7.70. The molecule has 0 aliphatic heterocycles. The Labute approximate surface area is 97.3 Å². The minimum absolute atomic E-state index is 0.302. The van der Waals surface area contributed by atoms with Crippen molar-refractivity contribution in [2.45, 2.75) is 0 Å². The van der Waals surface area contributed by atoms with Crippen molar-refractivity contribution < 1.29 is 0 Å². The van der Waals surface area contributed by atoms with Gasteiger partial charge in [-0.2, -0.15) is 10.4 Å². The maximum atomic E-state index is 8.80. The largest absolute Gasteiger partial charge is 0.322 e. The lowest BCUT2D eigenvalue weighted by atomic mass is 10.3. The predicted molar refractivity (Wildman–Crippen MR) is 60.5 cm³/mol. The molecular weight excluding hydrogens is 226 g/mol. The van der Waals surface area contributed by atoms with E-state index in [0.717, 1.165) is 0 Å². The second-order valence-corrected chi connectivity index (χ2v) is 3.51. The van der Waals surface area contributed by atoms with Crippen LogP contribution < -0.4 is 5.32 Å². The molecule has 6 heteroatoms. The number of aromatic nitrogens is 3. The van der Waals surface area contributed by atoms with Gasteiger partial charge < -0.3 is 5.32 Å². The van der Waals surface area contributed by atoms with E-state index in [9.17, 15) is 0 Å². The first-order valence-corrected chi connectivity index (χ1v) is 4.90. The molecule has 0 amide bonds. The van der Waals surface area contributed by atoms with E-state index in [1.165, 1.54) is 6.20 Å². The quantitative estimate of drug-likeness (QED) is 0.863. The fraction of sp³-hybridized carbons (Fsp3) is 0.100. The van der Waals surface area contributed by atoms with Gasteiger partial charge in [-0.15, -0.1) is 0 Å². The zero-order valence-corrected chi connectivity index (χ0v) is 9.23. The molecule has 2 heterocycles. The van der Waals surface area contributed by atoms with Crippen molar-refractivity contribution in [3.63, 3.8) is 0 Å². The van der Waals surface area contributed by atoms with Gasteiger partial charge in [0.25, 0.3) is 0 Å². The number of rotatable bonds is 2. The van der Waals surface area contributed by atoms with Crippen LogP contribution in [0.5, 0.6) is 0 Å². The summed E-state index contributed by atoms with van der Waals surface area (Å²) in [6, 6.07) is 5.34. The second-order valence-electron chi connectivity index (χ2n) is 3.13. The SMILES string of the molecule is Cn1ccc(Nc2nccc(C#N)c2Cl)n1. The topological polar surface area (TPSA) is 66.5 Å². The van der Waals surface area contributed by atoms with Crippen molar-refractivity contribution in [2.75, 3.05) is 5.32 Å². The van der Waals surface area contributed by atoms with Crippen LogP contribution in [0.25, 0.3) is 0 Å². The van der Waals surface area contributed by atoms with E-state index in [1.807, 2.05) is 13.1 Å². The van der Waals surface area contributed by atoms with Crippen LogP contribution in [0.3, 0.4) is 0 Å². The molecule has 16 heavy (non-hydrogen) atoms. The number of nitriles is 1. The highest BCUT2D eigenvalue weighted by Gasteiger charge is 2.08. The minimum Gasteiger partial charge on any atom is -0.322 e. The molecule has 0 fully saturated rings. The fourth-order valence-corrected chi connectivity index (χ4v) is 1.42. The van der Waals surface area contributed by atoms with Crippen molar-refractivity contribution in [2.24, 2.45) is 7.05 Å². The third-order valence-electron chi connectivity index (χ3n) is 1.97. The second kappa shape index (κ2) is 4.21. The Morgan fingerprint density at radius 1 is 1.50 bits per heavy atom. The highest BCUT2D eigenvalue weighted by Crippen LogP contribution is 2.24. The zero-order chi connectivity index (χ0) is 11.5. The summed E-state index contributed by atoms with van der Waals surface area (Å²) in [6.45, 7) is 0. The number of hydrogen-bond donors (Lipinski definition) is 1. The van der Waals surface area contributed by atoms with Crippen LogP contribution in [0.2, 0.25) is 5.02 Å². The van der Waals surface area contributed by atoms with Gasteiger partial charge in [0.05, 0.1) is 5.56 Å². The summed E-state index contributed by atoms with van der Waals surface area (Å²) in [5.41, 5.74) is 0.384. The normalized spacial score (nSPS) is 9.81. The average molecular weight is 234 g/mol. The summed E-state index contributed by atoms with van der Waals surface area (Å²) in [6.07, 6.45) is 3.32. The minimum atomic E-state index is 0.302. The van der Waals surface area contributed by atoms with E-state index < -0.39 is 0 Å². The standard InChI is InChI=1S/C10H8ClN5/c1-16-5-3-8(15-16)14-10-9(11)7(6-12)2-4-13-10/h2-5H,1H3,(H,13,14,15). The molecule has 0 aliphatic rings. The predicted octanol–water partition coefficient (Wildman–Crippen LogP) is 2.08.